The molecule has 0 aliphatic carbocycles. The molecule has 0 saturated carbocycles. The lowest BCUT2D eigenvalue weighted by Gasteiger charge is -2.30. The number of Topliss-reactive ketones (excluding diaryl/α,β-unsaturated/α-hetero) is 1. The predicted octanol–water partition coefficient (Wildman–Crippen LogP) is 4.19. The molecule has 29 heavy (non-hydrogen) atoms. The number of halogens is 1. The summed E-state index contributed by atoms with van der Waals surface area (Å²) < 4.78 is 25.4. The fourth-order valence-electron chi connectivity index (χ4n) is 3.27. The van der Waals surface area contributed by atoms with Gasteiger partial charge in [0, 0.05) is 16.8 Å². The monoisotopic (exact) mass is 414 g/mol. The molecular formula is C22H23FN2O3S. The zero-order chi connectivity index (χ0) is 21.0. The van der Waals surface area contributed by atoms with Gasteiger partial charge in [-0.25, -0.2) is 4.39 Å². The fourth-order valence-corrected chi connectivity index (χ4v) is 3.54. The minimum absolute atomic E-state index is 0.0483. The molecule has 0 saturated heterocycles. The Bertz CT molecular complexity index is 974. The van der Waals surface area contributed by atoms with Gasteiger partial charge < -0.3 is 20.1 Å². The van der Waals surface area contributed by atoms with Crippen LogP contribution in [-0.2, 0) is 11.4 Å². The van der Waals surface area contributed by atoms with E-state index in [1.165, 1.54) is 13.0 Å². The average Bonchev–Trinajstić information content (AvgIpc) is 2.67. The molecule has 5 nitrogen and oxygen atoms in total. The van der Waals surface area contributed by atoms with E-state index in [2.05, 4.69) is 10.6 Å². The Morgan fingerprint density at radius 3 is 2.62 bits per heavy atom. The SMILES string of the molecule is CCOc1cc(C2NC(=S)NC(C)=C2C(C)=O)ccc1OCc1ccccc1F. The lowest BCUT2D eigenvalue weighted by molar-refractivity contribution is -0.114. The maximum atomic E-state index is 13.9. The topological polar surface area (TPSA) is 59.6 Å². The number of rotatable bonds is 7. The van der Waals surface area contributed by atoms with E-state index in [4.69, 9.17) is 21.7 Å². The molecular weight excluding hydrogens is 391 g/mol. The largest absolute Gasteiger partial charge is 0.490 e. The minimum Gasteiger partial charge on any atom is -0.490 e. The number of hydrogen-bond donors (Lipinski definition) is 2. The number of hydrogen-bond acceptors (Lipinski definition) is 4. The maximum Gasteiger partial charge on any atom is 0.171 e. The Hall–Kier alpha value is -2.93. The summed E-state index contributed by atoms with van der Waals surface area (Å²) in [4.78, 5) is 12.2. The van der Waals surface area contributed by atoms with Crippen LogP contribution in [0, 0.1) is 5.82 Å². The van der Waals surface area contributed by atoms with Crippen LogP contribution in [0.3, 0.4) is 0 Å². The van der Waals surface area contributed by atoms with Crippen LogP contribution in [0.2, 0.25) is 0 Å². The van der Waals surface area contributed by atoms with Crippen molar-refractivity contribution >= 4 is 23.1 Å². The van der Waals surface area contributed by atoms with Crippen molar-refractivity contribution in [1.82, 2.24) is 10.6 Å². The first-order chi connectivity index (χ1) is 13.9. The third-order valence-corrected chi connectivity index (χ3v) is 4.81. The van der Waals surface area contributed by atoms with Crippen molar-refractivity contribution in [3.63, 3.8) is 0 Å². The van der Waals surface area contributed by atoms with Crippen molar-refractivity contribution in [2.45, 2.75) is 33.4 Å². The molecule has 0 radical (unpaired) electrons. The molecule has 1 unspecified atom stereocenters. The van der Waals surface area contributed by atoms with Crippen molar-refractivity contribution < 1.29 is 18.7 Å². The van der Waals surface area contributed by atoms with Gasteiger partial charge in [-0.3, -0.25) is 4.79 Å². The van der Waals surface area contributed by atoms with Crippen LogP contribution < -0.4 is 20.1 Å². The summed E-state index contributed by atoms with van der Waals surface area (Å²) in [5.41, 5.74) is 2.62. The van der Waals surface area contributed by atoms with E-state index in [0.29, 0.717) is 34.4 Å². The summed E-state index contributed by atoms with van der Waals surface area (Å²) in [6, 6.07) is 11.5. The van der Waals surface area contributed by atoms with Crippen molar-refractivity contribution in [1.29, 1.82) is 0 Å². The van der Waals surface area contributed by atoms with Crippen molar-refractivity contribution in [3.05, 3.63) is 70.7 Å². The number of allylic oxidation sites excluding steroid dienone is 1. The van der Waals surface area contributed by atoms with Crippen LogP contribution in [-0.4, -0.2) is 17.5 Å². The molecule has 0 amide bonds. The quantitative estimate of drug-likeness (QED) is 0.663. The van der Waals surface area contributed by atoms with E-state index in [-0.39, 0.29) is 24.2 Å². The normalized spacial score (nSPS) is 16.1. The molecule has 0 aromatic heterocycles. The molecule has 1 aliphatic rings. The van der Waals surface area contributed by atoms with Crippen LogP contribution >= 0.6 is 12.2 Å². The van der Waals surface area contributed by atoms with Gasteiger partial charge in [-0.15, -0.1) is 0 Å². The molecule has 2 aromatic rings. The van der Waals surface area contributed by atoms with Crippen LogP contribution in [0.15, 0.2) is 53.7 Å². The van der Waals surface area contributed by atoms with Gasteiger partial charge in [-0.05, 0) is 56.8 Å². The Kier molecular flexibility index (Phi) is 6.49. The lowest BCUT2D eigenvalue weighted by Crippen LogP contribution is -2.44. The second-order valence-corrected chi connectivity index (χ2v) is 7.05. The van der Waals surface area contributed by atoms with Gasteiger partial charge in [-0.1, -0.05) is 24.3 Å². The number of carbonyl (C=O) groups is 1. The molecule has 0 fully saturated rings. The zero-order valence-electron chi connectivity index (χ0n) is 16.5. The standard InChI is InChI=1S/C22H23FN2O3S/c1-4-27-19-11-15(21-20(14(3)26)13(2)24-22(29)25-21)9-10-18(19)28-12-16-7-5-6-8-17(16)23/h5-11,21H,4,12H2,1-3H3,(H2,24,25,29). The Balaban J connectivity index is 1.91. The Labute approximate surface area is 174 Å². The average molecular weight is 415 g/mol. The maximum absolute atomic E-state index is 13.9. The number of nitrogens with one attached hydrogen (secondary N) is 2. The molecule has 0 bridgehead atoms. The van der Waals surface area contributed by atoms with Crippen LogP contribution in [0.4, 0.5) is 4.39 Å². The number of benzene rings is 2. The van der Waals surface area contributed by atoms with E-state index < -0.39 is 0 Å². The van der Waals surface area contributed by atoms with Crippen molar-refractivity contribution in [3.8, 4) is 11.5 Å². The number of carbonyl (C=O) groups excluding carboxylic acids is 1. The summed E-state index contributed by atoms with van der Waals surface area (Å²) in [7, 11) is 0. The molecule has 3 rings (SSSR count). The molecule has 1 aliphatic heterocycles. The molecule has 0 spiro atoms. The van der Waals surface area contributed by atoms with E-state index in [0.717, 1.165) is 11.3 Å². The highest BCUT2D eigenvalue weighted by Crippen LogP contribution is 2.35. The molecule has 2 N–H and O–H groups in total. The zero-order valence-corrected chi connectivity index (χ0v) is 17.4. The van der Waals surface area contributed by atoms with Gasteiger partial charge >= 0.3 is 0 Å². The van der Waals surface area contributed by atoms with Gasteiger partial charge in [0.15, 0.2) is 22.4 Å². The summed E-state index contributed by atoms with van der Waals surface area (Å²) >= 11 is 5.26. The van der Waals surface area contributed by atoms with Gasteiger partial charge in [0.2, 0.25) is 0 Å². The summed E-state index contributed by atoms with van der Waals surface area (Å²) in [6.45, 7) is 5.74. The first-order valence-electron chi connectivity index (χ1n) is 9.32. The van der Waals surface area contributed by atoms with Gasteiger partial charge in [0.05, 0.1) is 12.6 Å². The minimum atomic E-state index is -0.388. The summed E-state index contributed by atoms with van der Waals surface area (Å²) in [5.74, 6) is 0.655. The van der Waals surface area contributed by atoms with E-state index in [9.17, 15) is 9.18 Å². The van der Waals surface area contributed by atoms with E-state index >= 15 is 0 Å². The van der Waals surface area contributed by atoms with Crippen molar-refractivity contribution in [2.75, 3.05) is 6.61 Å². The Morgan fingerprint density at radius 1 is 1.17 bits per heavy atom. The second-order valence-electron chi connectivity index (χ2n) is 6.65. The molecule has 1 heterocycles. The van der Waals surface area contributed by atoms with Gasteiger partial charge in [-0.2, -0.15) is 0 Å². The highest BCUT2D eigenvalue weighted by molar-refractivity contribution is 7.80. The predicted molar refractivity (Wildman–Crippen MR) is 113 cm³/mol. The van der Waals surface area contributed by atoms with E-state index in [1.54, 1.807) is 24.3 Å². The first-order valence-corrected chi connectivity index (χ1v) is 9.73. The number of thiocarbonyl (C=S) groups is 1. The number of ketones is 1. The van der Waals surface area contributed by atoms with Crippen molar-refractivity contribution in [2.24, 2.45) is 0 Å². The third kappa shape index (κ3) is 4.74. The van der Waals surface area contributed by atoms with Gasteiger partial charge in [0.1, 0.15) is 12.4 Å². The fraction of sp³-hybridized carbons (Fsp3) is 0.273. The molecule has 2 aromatic carbocycles. The van der Waals surface area contributed by atoms with Crippen LogP contribution in [0.5, 0.6) is 11.5 Å². The number of ether oxygens (including phenoxy) is 2. The highest BCUT2D eigenvalue weighted by Gasteiger charge is 2.28. The Morgan fingerprint density at radius 2 is 1.93 bits per heavy atom. The molecule has 1 atom stereocenters. The third-order valence-electron chi connectivity index (χ3n) is 4.59. The summed E-state index contributed by atoms with van der Waals surface area (Å²) in [6.07, 6.45) is 0. The first kappa shape index (κ1) is 20.8. The second kappa shape index (κ2) is 9.05. The highest BCUT2D eigenvalue weighted by atomic mass is 32.1. The summed E-state index contributed by atoms with van der Waals surface area (Å²) in [5, 5.41) is 6.59. The van der Waals surface area contributed by atoms with Gasteiger partial charge in [0.25, 0.3) is 0 Å². The molecule has 152 valence electrons. The van der Waals surface area contributed by atoms with E-state index in [1.807, 2.05) is 26.0 Å². The lowest BCUT2D eigenvalue weighted by atomic mass is 9.93. The van der Waals surface area contributed by atoms with Crippen LogP contribution in [0.25, 0.3) is 0 Å². The van der Waals surface area contributed by atoms with Crippen LogP contribution in [0.1, 0.15) is 37.9 Å². The smallest absolute Gasteiger partial charge is 0.171 e. The molecule has 7 heteroatoms.